The van der Waals surface area contributed by atoms with Gasteiger partial charge in [0.1, 0.15) is 0 Å². The normalized spacial score (nSPS) is 13.3. The van der Waals surface area contributed by atoms with Crippen molar-refractivity contribution in [2.24, 2.45) is 4.90 Å². The Hall–Kier alpha value is -0.00558. The minimum atomic E-state index is 0. The summed E-state index contributed by atoms with van der Waals surface area (Å²) in [7, 11) is 0.889. The zero-order valence-electron chi connectivity index (χ0n) is 3.19. The van der Waals surface area contributed by atoms with E-state index < -0.39 is 0 Å². The molecule has 0 unspecified atom stereocenters. The standard InChI is InChI=1S/C3H4BN.Cu/c1-2-4-5-3-1;/h1-4H;. The van der Waals surface area contributed by atoms with Crippen molar-refractivity contribution >= 4 is 13.6 Å². The van der Waals surface area contributed by atoms with Gasteiger partial charge in [-0.2, -0.15) is 0 Å². The summed E-state index contributed by atoms with van der Waals surface area (Å²) in [6, 6.07) is 0. The Kier molecular flexibility index (Phi) is 3.19. The quantitative estimate of drug-likeness (QED) is 0.405. The summed E-state index contributed by atoms with van der Waals surface area (Å²) in [6.07, 6.45) is 3.75. The number of hydrogen-bond donors (Lipinski definition) is 0. The Morgan fingerprint density at radius 2 is 2.33 bits per heavy atom. The van der Waals surface area contributed by atoms with Crippen LogP contribution in [0.15, 0.2) is 17.0 Å². The van der Waals surface area contributed by atoms with Gasteiger partial charge in [0.05, 0.1) is 0 Å². The van der Waals surface area contributed by atoms with Crippen molar-refractivity contribution in [2.75, 3.05) is 0 Å². The molecule has 0 fully saturated rings. The van der Waals surface area contributed by atoms with Gasteiger partial charge in [0.2, 0.25) is 0 Å². The molecule has 0 N–H and O–H groups in total. The fraction of sp³-hybridized carbons (Fsp3) is 0. The van der Waals surface area contributed by atoms with E-state index in [0.29, 0.717) is 0 Å². The van der Waals surface area contributed by atoms with Gasteiger partial charge in [-0.15, -0.1) is 0 Å². The summed E-state index contributed by atoms with van der Waals surface area (Å²) in [4.78, 5) is 3.85. The van der Waals surface area contributed by atoms with Gasteiger partial charge in [0, 0.05) is 23.3 Å². The maximum absolute atomic E-state index is 3.85. The van der Waals surface area contributed by atoms with E-state index in [-0.39, 0.29) is 17.1 Å². The van der Waals surface area contributed by atoms with Gasteiger partial charge in [-0.1, -0.05) is 12.1 Å². The molecule has 0 aromatic heterocycles. The van der Waals surface area contributed by atoms with Gasteiger partial charge in [-0.3, -0.25) is 0 Å². The number of rotatable bonds is 0. The van der Waals surface area contributed by atoms with Crippen LogP contribution in [-0.4, -0.2) is 13.6 Å². The zero-order chi connectivity index (χ0) is 3.54. The van der Waals surface area contributed by atoms with Crippen molar-refractivity contribution in [1.29, 1.82) is 0 Å². The van der Waals surface area contributed by atoms with Crippen LogP contribution in [0.4, 0.5) is 0 Å². The van der Waals surface area contributed by atoms with Crippen molar-refractivity contribution in [3.8, 4) is 0 Å². The van der Waals surface area contributed by atoms with Gasteiger partial charge in [-0.25, -0.2) is 0 Å². The van der Waals surface area contributed by atoms with Crippen LogP contribution >= 0.6 is 0 Å². The van der Waals surface area contributed by atoms with Crippen molar-refractivity contribution in [3.05, 3.63) is 12.1 Å². The number of nitrogens with zero attached hydrogens (tertiary/aromatic N) is 1. The van der Waals surface area contributed by atoms with Crippen molar-refractivity contribution < 1.29 is 17.1 Å². The Balaban J connectivity index is 0.000000250. The summed E-state index contributed by atoms with van der Waals surface area (Å²) in [5.41, 5.74) is 0. The molecule has 0 spiro atoms. The van der Waals surface area contributed by atoms with Crippen molar-refractivity contribution in [3.63, 3.8) is 0 Å². The van der Waals surface area contributed by atoms with E-state index in [1.165, 1.54) is 0 Å². The fourth-order valence-corrected chi connectivity index (χ4v) is 0.304. The molecule has 1 heterocycles. The molecule has 1 nitrogen and oxygen atoms in total. The van der Waals surface area contributed by atoms with Crippen LogP contribution in [0.2, 0.25) is 0 Å². The average molecular weight is 128 g/mol. The minimum Gasteiger partial charge on any atom is -0.348 e. The summed E-state index contributed by atoms with van der Waals surface area (Å²) in [6.45, 7) is 0. The van der Waals surface area contributed by atoms with E-state index in [1.807, 2.05) is 12.1 Å². The van der Waals surface area contributed by atoms with Crippen LogP contribution in [-0.2, 0) is 17.1 Å². The van der Waals surface area contributed by atoms with Gasteiger partial charge in [-0.05, 0) is 0 Å². The third kappa shape index (κ3) is 1.44. The molecule has 0 aromatic rings. The predicted molar refractivity (Wildman–Crippen MR) is 24.8 cm³/mol. The summed E-state index contributed by atoms with van der Waals surface area (Å²) in [5.74, 6) is 2.01. The predicted octanol–water partition coefficient (Wildman–Crippen LogP) is -0.0665. The maximum Gasteiger partial charge on any atom is 0.287 e. The van der Waals surface area contributed by atoms with Crippen molar-refractivity contribution in [1.82, 2.24) is 0 Å². The topological polar surface area (TPSA) is 12.4 Å². The first-order valence-electron chi connectivity index (χ1n) is 1.65. The molecule has 0 saturated carbocycles. The maximum atomic E-state index is 3.85. The molecule has 0 bridgehead atoms. The molecule has 3 heteroatoms. The van der Waals surface area contributed by atoms with Crippen LogP contribution in [0, 0.1) is 0 Å². The molecule has 0 atom stereocenters. The van der Waals surface area contributed by atoms with E-state index in [1.54, 1.807) is 6.21 Å². The molecule has 1 rings (SSSR count). The van der Waals surface area contributed by atoms with Crippen LogP contribution < -0.4 is 0 Å². The molecule has 0 aromatic carbocycles. The van der Waals surface area contributed by atoms with E-state index in [9.17, 15) is 0 Å². The second-order valence-electron chi connectivity index (χ2n) is 0.942. The van der Waals surface area contributed by atoms with Gasteiger partial charge < -0.3 is 4.90 Å². The molecule has 6 heavy (non-hydrogen) atoms. The Bertz CT molecular complexity index is 68.9. The first-order chi connectivity index (χ1) is 2.50. The van der Waals surface area contributed by atoms with E-state index in [4.69, 9.17) is 0 Å². The third-order valence-electron chi connectivity index (χ3n) is 0.538. The molecule has 0 amide bonds. The first-order valence-corrected chi connectivity index (χ1v) is 1.65. The monoisotopic (exact) mass is 128 g/mol. The van der Waals surface area contributed by atoms with E-state index >= 15 is 0 Å². The van der Waals surface area contributed by atoms with Crippen LogP contribution in [0.3, 0.4) is 0 Å². The molecule has 0 saturated heterocycles. The van der Waals surface area contributed by atoms with Crippen LogP contribution in [0.25, 0.3) is 0 Å². The van der Waals surface area contributed by atoms with Crippen LogP contribution in [0.5, 0.6) is 0 Å². The molecule has 1 radical (unpaired) electrons. The molecule has 1 aliphatic rings. The summed E-state index contributed by atoms with van der Waals surface area (Å²) in [5, 5.41) is 0. The molecule has 0 aliphatic carbocycles. The van der Waals surface area contributed by atoms with Gasteiger partial charge in [0.15, 0.2) is 0 Å². The largest absolute Gasteiger partial charge is 0.348 e. The molecular formula is C3H4BCuN. The van der Waals surface area contributed by atoms with Crippen molar-refractivity contribution in [2.45, 2.75) is 0 Å². The number of allylic oxidation sites excluding steroid dienone is 1. The molecule has 1 aliphatic heterocycles. The third-order valence-corrected chi connectivity index (χ3v) is 0.538. The first kappa shape index (κ1) is 5.99. The Morgan fingerprint density at radius 1 is 1.50 bits per heavy atom. The second kappa shape index (κ2) is 3.19. The molecular weight excluding hydrogens is 124 g/mol. The molecule has 35 valence electrons. The fourth-order valence-electron chi connectivity index (χ4n) is 0.304. The second-order valence-corrected chi connectivity index (χ2v) is 0.942. The van der Waals surface area contributed by atoms with Gasteiger partial charge in [0.25, 0.3) is 7.41 Å². The zero-order valence-corrected chi connectivity index (χ0v) is 4.13. The van der Waals surface area contributed by atoms with Gasteiger partial charge >= 0.3 is 0 Å². The van der Waals surface area contributed by atoms with E-state index in [2.05, 4.69) is 4.90 Å². The van der Waals surface area contributed by atoms with E-state index in [0.717, 1.165) is 7.41 Å². The number of hydrogen-bond acceptors (Lipinski definition) is 1. The average Bonchev–Trinajstić information content (AvgIpc) is 1.76. The summed E-state index contributed by atoms with van der Waals surface area (Å²) < 4.78 is 0. The minimum absolute atomic E-state index is 0. The smallest absolute Gasteiger partial charge is 0.287 e. The SMILES string of the molecule is B1C=CC=N1.[Cu]. The Morgan fingerprint density at radius 3 is 2.50 bits per heavy atom. The summed E-state index contributed by atoms with van der Waals surface area (Å²) >= 11 is 0. The Labute approximate surface area is 48.3 Å². The van der Waals surface area contributed by atoms with Crippen LogP contribution in [0.1, 0.15) is 0 Å².